The highest BCUT2D eigenvalue weighted by Gasteiger charge is 2.40. The third-order valence-electron chi connectivity index (χ3n) is 3.78. The quantitative estimate of drug-likeness (QED) is 0.874. The molecule has 1 saturated heterocycles. The van der Waals surface area contributed by atoms with Crippen LogP contribution in [0.2, 0.25) is 0 Å². The summed E-state index contributed by atoms with van der Waals surface area (Å²) in [6.45, 7) is 1.82. The van der Waals surface area contributed by atoms with Crippen LogP contribution < -0.4 is 10.6 Å². The normalized spacial score (nSPS) is 29.4. The number of nitrogens with one attached hydrogen (secondary N) is 2. The van der Waals surface area contributed by atoms with Crippen LogP contribution in [0.3, 0.4) is 0 Å². The van der Waals surface area contributed by atoms with Gasteiger partial charge in [-0.2, -0.15) is 0 Å². The molecule has 4 heteroatoms. The van der Waals surface area contributed by atoms with Gasteiger partial charge < -0.3 is 10.6 Å². The first kappa shape index (κ1) is 13.4. The summed E-state index contributed by atoms with van der Waals surface area (Å²) in [5.41, 5.74) is 1.35. The third kappa shape index (κ3) is 2.85. The van der Waals surface area contributed by atoms with Crippen molar-refractivity contribution < 1.29 is 4.79 Å². The largest absolute Gasteiger partial charge is 0.352 e. The van der Waals surface area contributed by atoms with Gasteiger partial charge in [-0.3, -0.25) is 4.79 Å². The molecule has 1 aliphatic heterocycles. The molecule has 3 nitrogen and oxygen atoms in total. The molecule has 0 aromatic heterocycles. The molecule has 2 N–H and O–H groups in total. The van der Waals surface area contributed by atoms with Crippen LogP contribution in [-0.2, 0) is 4.79 Å². The van der Waals surface area contributed by atoms with Crippen LogP contribution in [0.4, 0.5) is 0 Å². The fourth-order valence-electron chi connectivity index (χ4n) is 2.60. The lowest BCUT2D eigenvalue weighted by Crippen LogP contribution is -2.34. The molecule has 3 atom stereocenters. The minimum atomic E-state index is 0. The summed E-state index contributed by atoms with van der Waals surface area (Å²) < 4.78 is 0. The Labute approximate surface area is 114 Å². The highest BCUT2D eigenvalue weighted by molar-refractivity contribution is 5.85. The lowest BCUT2D eigenvalue weighted by atomic mass is 10.1. The van der Waals surface area contributed by atoms with Gasteiger partial charge in [0.05, 0.1) is 5.92 Å². The van der Waals surface area contributed by atoms with Gasteiger partial charge in [-0.15, -0.1) is 12.4 Å². The molecule has 18 heavy (non-hydrogen) atoms. The minimum absolute atomic E-state index is 0. The van der Waals surface area contributed by atoms with Crippen molar-refractivity contribution in [2.24, 2.45) is 5.92 Å². The first-order valence-electron chi connectivity index (χ1n) is 6.40. The van der Waals surface area contributed by atoms with E-state index in [1.165, 1.54) is 5.56 Å². The standard InChI is InChI=1S/C14H18N2O.ClH/c17-14(11-6-7-15-9-11)16-13-8-12(13)10-4-2-1-3-5-10;/h1-5,11-13,15H,6-9H2,(H,16,17);1H/t11?,12-,13+;/m1./s1. The van der Waals surface area contributed by atoms with Crippen LogP contribution in [0, 0.1) is 5.92 Å². The van der Waals surface area contributed by atoms with Gasteiger partial charge in [0.25, 0.3) is 0 Å². The predicted octanol–water partition coefficient (Wildman–Crippen LogP) is 1.69. The van der Waals surface area contributed by atoms with Gasteiger partial charge in [-0.1, -0.05) is 30.3 Å². The van der Waals surface area contributed by atoms with Gasteiger partial charge in [0.15, 0.2) is 0 Å². The van der Waals surface area contributed by atoms with Crippen molar-refractivity contribution in [1.82, 2.24) is 10.6 Å². The van der Waals surface area contributed by atoms with Crippen LogP contribution >= 0.6 is 12.4 Å². The van der Waals surface area contributed by atoms with Gasteiger partial charge in [0.2, 0.25) is 5.91 Å². The Balaban J connectivity index is 0.00000120. The molecule has 1 saturated carbocycles. The van der Waals surface area contributed by atoms with Crippen molar-refractivity contribution in [3.63, 3.8) is 0 Å². The Morgan fingerprint density at radius 1 is 1.28 bits per heavy atom. The lowest BCUT2D eigenvalue weighted by Gasteiger charge is -2.09. The van der Waals surface area contributed by atoms with Crippen LogP contribution in [0.25, 0.3) is 0 Å². The summed E-state index contributed by atoms with van der Waals surface area (Å²) in [7, 11) is 0. The molecular weight excluding hydrogens is 248 g/mol. The van der Waals surface area contributed by atoms with E-state index in [0.717, 1.165) is 25.9 Å². The summed E-state index contributed by atoms with van der Waals surface area (Å²) in [6, 6.07) is 10.8. The number of amides is 1. The summed E-state index contributed by atoms with van der Waals surface area (Å²) in [4.78, 5) is 11.9. The number of hydrogen-bond acceptors (Lipinski definition) is 2. The van der Waals surface area contributed by atoms with Crippen molar-refractivity contribution in [2.45, 2.75) is 24.8 Å². The van der Waals surface area contributed by atoms with Crippen molar-refractivity contribution in [1.29, 1.82) is 0 Å². The summed E-state index contributed by atoms with van der Waals surface area (Å²) >= 11 is 0. The number of carbonyl (C=O) groups excluding carboxylic acids is 1. The monoisotopic (exact) mass is 266 g/mol. The van der Waals surface area contributed by atoms with Gasteiger partial charge in [-0.05, 0) is 24.9 Å². The van der Waals surface area contributed by atoms with Gasteiger partial charge >= 0.3 is 0 Å². The maximum atomic E-state index is 11.9. The maximum absolute atomic E-state index is 11.9. The molecular formula is C14H19ClN2O. The average molecular weight is 267 g/mol. The Morgan fingerprint density at radius 2 is 2.06 bits per heavy atom. The van der Waals surface area contributed by atoms with Crippen molar-refractivity contribution in [2.75, 3.05) is 13.1 Å². The lowest BCUT2D eigenvalue weighted by molar-refractivity contribution is -0.124. The Bertz CT molecular complexity index is 404. The molecule has 98 valence electrons. The van der Waals surface area contributed by atoms with E-state index < -0.39 is 0 Å². The van der Waals surface area contributed by atoms with E-state index in [4.69, 9.17) is 0 Å². The number of hydrogen-bond donors (Lipinski definition) is 2. The van der Waals surface area contributed by atoms with E-state index in [2.05, 4.69) is 34.9 Å². The highest BCUT2D eigenvalue weighted by atomic mass is 35.5. The van der Waals surface area contributed by atoms with Crippen molar-refractivity contribution >= 4 is 18.3 Å². The van der Waals surface area contributed by atoms with E-state index in [9.17, 15) is 4.79 Å². The minimum Gasteiger partial charge on any atom is -0.352 e. The van der Waals surface area contributed by atoms with E-state index in [0.29, 0.717) is 12.0 Å². The molecule has 1 aliphatic carbocycles. The number of halogens is 1. The molecule has 0 bridgehead atoms. The second kappa shape index (κ2) is 5.72. The summed E-state index contributed by atoms with van der Waals surface area (Å²) in [5, 5.41) is 6.39. The molecule has 0 radical (unpaired) electrons. The highest BCUT2D eigenvalue weighted by Crippen LogP contribution is 2.40. The predicted molar refractivity (Wildman–Crippen MR) is 74.0 cm³/mol. The van der Waals surface area contributed by atoms with Crippen LogP contribution in [0.5, 0.6) is 0 Å². The fraction of sp³-hybridized carbons (Fsp3) is 0.500. The smallest absolute Gasteiger partial charge is 0.224 e. The zero-order valence-electron chi connectivity index (χ0n) is 10.3. The summed E-state index contributed by atoms with van der Waals surface area (Å²) in [6.07, 6.45) is 2.07. The Morgan fingerprint density at radius 3 is 2.72 bits per heavy atom. The molecule has 0 spiro atoms. The number of rotatable bonds is 3. The molecule has 2 aliphatic rings. The third-order valence-corrected chi connectivity index (χ3v) is 3.78. The summed E-state index contributed by atoms with van der Waals surface area (Å²) in [5.74, 6) is 0.958. The van der Waals surface area contributed by atoms with E-state index in [1.807, 2.05) is 6.07 Å². The average Bonchev–Trinajstić information content (AvgIpc) is 2.92. The Kier molecular flexibility index (Phi) is 4.25. The van der Waals surface area contributed by atoms with Gasteiger partial charge in [0, 0.05) is 18.5 Å². The molecule has 1 unspecified atom stereocenters. The SMILES string of the molecule is Cl.O=C(N[C@H]1C[C@@H]1c1ccccc1)C1CCNC1. The van der Waals surface area contributed by atoms with E-state index in [1.54, 1.807) is 0 Å². The fourth-order valence-corrected chi connectivity index (χ4v) is 2.60. The molecule has 1 amide bonds. The molecule has 1 aromatic carbocycles. The molecule has 1 heterocycles. The van der Waals surface area contributed by atoms with Crippen molar-refractivity contribution in [3.05, 3.63) is 35.9 Å². The van der Waals surface area contributed by atoms with Gasteiger partial charge in [0.1, 0.15) is 0 Å². The zero-order chi connectivity index (χ0) is 11.7. The first-order chi connectivity index (χ1) is 8.34. The Hall–Kier alpha value is -1.06. The second-order valence-electron chi connectivity index (χ2n) is 5.06. The topological polar surface area (TPSA) is 41.1 Å². The van der Waals surface area contributed by atoms with Crippen LogP contribution in [-0.4, -0.2) is 25.0 Å². The second-order valence-corrected chi connectivity index (χ2v) is 5.06. The van der Waals surface area contributed by atoms with Crippen molar-refractivity contribution in [3.8, 4) is 0 Å². The first-order valence-corrected chi connectivity index (χ1v) is 6.40. The van der Waals surface area contributed by atoms with E-state index in [-0.39, 0.29) is 24.2 Å². The van der Waals surface area contributed by atoms with Crippen LogP contribution in [0.1, 0.15) is 24.3 Å². The number of benzene rings is 1. The van der Waals surface area contributed by atoms with Crippen LogP contribution in [0.15, 0.2) is 30.3 Å². The number of carbonyl (C=O) groups is 1. The molecule has 2 fully saturated rings. The van der Waals surface area contributed by atoms with E-state index >= 15 is 0 Å². The molecule has 1 aromatic rings. The molecule has 3 rings (SSSR count). The maximum Gasteiger partial charge on any atom is 0.224 e. The zero-order valence-corrected chi connectivity index (χ0v) is 11.1. The van der Waals surface area contributed by atoms with Gasteiger partial charge in [-0.25, -0.2) is 0 Å².